The Labute approximate surface area is 190 Å². The fourth-order valence-corrected chi connectivity index (χ4v) is 27.7. The first-order valence-electron chi connectivity index (χ1n) is 10.0. The van der Waals surface area contributed by atoms with Gasteiger partial charge >= 0.3 is 167 Å². The quantitative estimate of drug-likeness (QED) is 0.370. The minimum Gasteiger partial charge on any atom is -0.147 e. The van der Waals surface area contributed by atoms with Crippen molar-refractivity contribution in [1.29, 1.82) is 0 Å². The number of rotatable bonds is 3. The van der Waals surface area contributed by atoms with Crippen molar-refractivity contribution in [3.05, 3.63) is 91.8 Å². The van der Waals surface area contributed by atoms with E-state index in [1.165, 1.54) is 16.7 Å². The van der Waals surface area contributed by atoms with Gasteiger partial charge in [-0.3, -0.25) is 0 Å². The number of allylic oxidation sites excluding steroid dienone is 5. The van der Waals surface area contributed by atoms with Crippen molar-refractivity contribution >= 4 is 43.3 Å². The predicted molar refractivity (Wildman–Crippen MR) is 134 cm³/mol. The van der Waals surface area contributed by atoms with Crippen molar-refractivity contribution in [2.75, 3.05) is 0 Å². The summed E-state index contributed by atoms with van der Waals surface area (Å²) in [5.74, 6) is 0.541. The zero-order valence-electron chi connectivity index (χ0n) is 18.0. The molecule has 2 aliphatic carbocycles. The summed E-state index contributed by atoms with van der Waals surface area (Å²) in [6, 6.07) is 20.0. The maximum absolute atomic E-state index is 3.26. The van der Waals surface area contributed by atoms with Gasteiger partial charge in [-0.25, -0.2) is 0 Å². The van der Waals surface area contributed by atoms with Crippen molar-refractivity contribution in [3.63, 3.8) is 0 Å². The van der Waals surface area contributed by atoms with Crippen LogP contribution >= 0.6 is 24.8 Å². The number of fused-ring (bicyclic) bond motifs is 1. The van der Waals surface area contributed by atoms with E-state index in [0.29, 0.717) is 9.54 Å². The van der Waals surface area contributed by atoms with Crippen LogP contribution in [0.5, 0.6) is 0 Å². The molecule has 2 atom stereocenters. The summed E-state index contributed by atoms with van der Waals surface area (Å²) in [7, 11) is 0. The van der Waals surface area contributed by atoms with E-state index in [0.717, 1.165) is 0 Å². The van der Waals surface area contributed by atoms with E-state index in [-0.39, 0.29) is 24.8 Å². The minimum absolute atomic E-state index is 0. The van der Waals surface area contributed by atoms with Gasteiger partial charge < -0.3 is 0 Å². The maximum Gasteiger partial charge on any atom is -0.147 e. The predicted octanol–water partition coefficient (Wildman–Crippen LogP) is 7.33. The van der Waals surface area contributed by atoms with Crippen molar-refractivity contribution in [2.45, 2.75) is 33.7 Å². The molecule has 0 saturated heterocycles. The van der Waals surface area contributed by atoms with Crippen LogP contribution < -0.4 is 0 Å². The number of hydrogen-bond donors (Lipinski definition) is 0. The second kappa shape index (κ2) is 8.46. The van der Waals surface area contributed by atoms with Gasteiger partial charge in [0, 0.05) is 0 Å². The second-order valence-corrected chi connectivity index (χ2v) is 39.0. The third kappa shape index (κ3) is 3.99. The first-order valence-corrected chi connectivity index (χ1v) is 23.5. The summed E-state index contributed by atoms with van der Waals surface area (Å²) >= 11 is -3.26. The zero-order chi connectivity index (χ0) is 19.4. The van der Waals surface area contributed by atoms with E-state index in [1.54, 1.807) is 20.0 Å². The topological polar surface area (TPSA) is 0 Å². The molecule has 2 unspecified atom stereocenters. The molecular weight excluding hydrogens is 490 g/mol. The Balaban J connectivity index is 0.00000150. The van der Waals surface area contributed by atoms with Crippen molar-refractivity contribution in [1.82, 2.24) is 0 Å². The fourth-order valence-electron chi connectivity index (χ4n) is 6.10. The summed E-state index contributed by atoms with van der Waals surface area (Å²) in [4.78, 5) is 0. The number of halogens is 2. The van der Waals surface area contributed by atoms with Gasteiger partial charge in [0.25, 0.3) is 0 Å². The van der Waals surface area contributed by atoms with Gasteiger partial charge in [-0.2, -0.15) is 0 Å². The van der Waals surface area contributed by atoms with Crippen LogP contribution in [0.2, 0.25) is 9.26 Å². The molecule has 29 heavy (non-hydrogen) atoms. The Morgan fingerprint density at radius 1 is 0.862 bits per heavy atom. The van der Waals surface area contributed by atoms with Crippen LogP contribution in [-0.4, -0.2) is 6.88 Å². The normalized spacial score (nSPS) is 21.0. The monoisotopic (exact) mass is 520 g/mol. The smallest absolute Gasteiger partial charge is 0.147 e. The fraction of sp³-hybridized carbons (Fsp3) is 0.280. The molecule has 154 valence electrons. The Morgan fingerprint density at radius 3 is 2.10 bits per heavy atom. The molecule has 0 bridgehead atoms. The van der Waals surface area contributed by atoms with Crippen LogP contribution in [0.15, 0.2) is 75.1 Å². The number of hydrogen-bond acceptors (Lipinski definition) is 0. The van der Waals surface area contributed by atoms with E-state index < -0.39 is 17.4 Å². The van der Waals surface area contributed by atoms with Crippen LogP contribution in [0.3, 0.4) is 0 Å². The molecule has 0 spiro atoms. The van der Waals surface area contributed by atoms with Crippen LogP contribution in [0.25, 0.3) is 11.6 Å². The first-order chi connectivity index (χ1) is 12.7. The van der Waals surface area contributed by atoms with Gasteiger partial charge in [-0.15, -0.1) is 24.8 Å². The maximum atomic E-state index is 2.68. The molecule has 0 saturated carbocycles. The van der Waals surface area contributed by atoms with Crippen molar-refractivity contribution in [3.8, 4) is 0 Å². The first kappa shape index (κ1) is 24.6. The third-order valence-electron chi connectivity index (χ3n) is 6.72. The van der Waals surface area contributed by atoms with Gasteiger partial charge in [0.15, 0.2) is 0 Å². The summed E-state index contributed by atoms with van der Waals surface area (Å²) < 4.78 is 7.78. The van der Waals surface area contributed by atoms with Crippen LogP contribution in [0.1, 0.15) is 41.1 Å². The molecule has 0 N–H and O–H groups in total. The van der Waals surface area contributed by atoms with Gasteiger partial charge in [0.1, 0.15) is 0 Å². The molecule has 2 aromatic carbocycles. The molecule has 4 rings (SSSR count). The Bertz CT molecular complexity index is 1090. The van der Waals surface area contributed by atoms with E-state index in [2.05, 4.69) is 104 Å². The summed E-state index contributed by atoms with van der Waals surface area (Å²) in [5, 5.41) is 0. The SMILES string of the molecule is CC1=Cc2ccccc2[CH]1[Zr]([CH3])([CH3])(=[SiH2])[C]1=C(C)C(c2ccccc2)=CC1C.Cl.Cl. The van der Waals surface area contributed by atoms with Crippen molar-refractivity contribution < 1.29 is 17.4 Å². The summed E-state index contributed by atoms with van der Waals surface area (Å²) in [6.07, 6.45) is 4.96. The third-order valence-corrected chi connectivity index (χ3v) is 24.2. The molecule has 0 aliphatic heterocycles. The minimum atomic E-state index is -3.26. The van der Waals surface area contributed by atoms with E-state index in [9.17, 15) is 0 Å². The van der Waals surface area contributed by atoms with E-state index >= 15 is 0 Å². The number of benzene rings is 2. The van der Waals surface area contributed by atoms with Crippen molar-refractivity contribution in [2.24, 2.45) is 5.92 Å². The van der Waals surface area contributed by atoms with Gasteiger partial charge in [0.2, 0.25) is 0 Å². The molecule has 0 radical (unpaired) electrons. The molecule has 2 aromatic rings. The van der Waals surface area contributed by atoms with Crippen LogP contribution in [0, 0.1) is 5.92 Å². The largest absolute Gasteiger partial charge is 0.147 e. The summed E-state index contributed by atoms with van der Waals surface area (Å²) in [6.45, 7) is 9.56. The molecule has 0 amide bonds. The molecule has 4 heteroatoms. The standard InChI is InChI=1S/C13H13.C10H9.2CH3.2ClH.H2Si.Zr/c1-10-8-11(2)13(9-10)12-6-4-3-5-7-12;1-8-6-9-4-2-3-5-10(9)7-8;;;;;;/h3-7,9-10H,1-2H3;2-7H,1H3;2*1H3;2*1H;1H2;. The second-order valence-electron chi connectivity index (χ2n) is 9.53. The average Bonchev–Trinajstić information content (AvgIpc) is 3.11. The van der Waals surface area contributed by atoms with Crippen LogP contribution in [-0.2, 0) is 17.4 Å². The Kier molecular flexibility index (Phi) is 7.18. The molecule has 2 aliphatic rings. The molecule has 0 heterocycles. The molecule has 0 fully saturated rings. The van der Waals surface area contributed by atoms with E-state index in [4.69, 9.17) is 0 Å². The molecule has 0 nitrogen and oxygen atoms in total. The molecule has 0 aromatic heterocycles. The van der Waals surface area contributed by atoms with Crippen LogP contribution in [0.4, 0.5) is 0 Å². The Hall–Kier alpha value is -0.660. The molecular formula is C25H32Cl2SiZr. The van der Waals surface area contributed by atoms with Gasteiger partial charge in [0.05, 0.1) is 0 Å². The zero-order valence-corrected chi connectivity index (χ0v) is 23.5. The van der Waals surface area contributed by atoms with Gasteiger partial charge in [-0.05, 0) is 0 Å². The average molecular weight is 523 g/mol. The Morgan fingerprint density at radius 2 is 1.45 bits per heavy atom. The van der Waals surface area contributed by atoms with E-state index in [1.807, 2.05) is 0 Å². The van der Waals surface area contributed by atoms with Gasteiger partial charge in [-0.1, -0.05) is 0 Å². The summed E-state index contributed by atoms with van der Waals surface area (Å²) in [5.41, 5.74) is 8.96.